The topological polar surface area (TPSA) is 45.9 Å². The average Bonchev–Trinajstić information content (AvgIpc) is 3.02. The molecule has 3 rings (SSSR count). The lowest BCUT2D eigenvalue weighted by atomic mass is 10.3. The van der Waals surface area contributed by atoms with Crippen molar-refractivity contribution in [2.24, 2.45) is 0 Å². The third kappa shape index (κ3) is 4.13. The van der Waals surface area contributed by atoms with Crippen molar-refractivity contribution >= 4 is 5.91 Å². The fourth-order valence-corrected chi connectivity index (χ4v) is 2.69. The van der Waals surface area contributed by atoms with Gasteiger partial charge in [0.2, 0.25) is 0 Å². The first kappa shape index (κ1) is 15.6. The van der Waals surface area contributed by atoms with E-state index >= 15 is 0 Å². The number of para-hydroxylation sites is 1. The molecule has 122 valence electrons. The van der Waals surface area contributed by atoms with Gasteiger partial charge in [0.15, 0.2) is 5.76 Å². The Hall–Kier alpha value is -2.27. The van der Waals surface area contributed by atoms with Gasteiger partial charge in [0.25, 0.3) is 5.91 Å². The fraction of sp³-hybridized carbons (Fsp3) is 0.389. The Kier molecular flexibility index (Phi) is 4.98. The van der Waals surface area contributed by atoms with Crippen molar-refractivity contribution in [2.45, 2.75) is 6.92 Å². The van der Waals surface area contributed by atoms with Crippen molar-refractivity contribution in [3.63, 3.8) is 0 Å². The van der Waals surface area contributed by atoms with Crippen molar-refractivity contribution in [1.29, 1.82) is 0 Å². The fourth-order valence-electron chi connectivity index (χ4n) is 2.69. The summed E-state index contributed by atoms with van der Waals surface area (Å²) in [4.78, 5) is 16.5. The van der Waals surface area contributed by atoms with Gasteiger partial charge in [0.1, 0.15) is 18.1 Å². The van der Waals surface area contributed by atoms with Crippen molar-refractivity contribution in [3.8, 4) is 5.75 Å². The van der Waals surface area contributed by atoms with Crippen LogP contribution in [-0.4, -0.2) is 55.0 Å². The van der Waals surface area contributed by atoms with Crippen LogP contribution in [0.25, 0.3) is 0 Å². The van der Waals surface area contributed by atoms with Crippen molar-refractivity contribution < 1.29 is 13.9 Å². The molecule has 1 amide bonds. The minimum Gasteiger partial charge on any atom is -0.492 e. The quantitative estimate of drug-likeness (QED) is 0.850. The Balaban J connectivity index is 1.41. The van der Waals surface area contributed by atoms with Gasteiger partial charge in [-0.2, -0.15) is 0 Å². The molecule has 1 aliphatic rings. The second kappa shape index (κ2) is 7.33. The Bertz CT molecular complexity index is 631. The van der Waals surface area contributed by atoms with Gasteiger partial charge >= 0.3 is 0 Å². The number of hydrogen-bond donors (Lipinski definition) is 0. The summed E-state index contributed by atoms with van der Waals surface area (Å²) in [5, 5.41) is 0. The van der Waals surface area contributed by atoms with E-state index in [0.717, 1.165) is 44.2 Å². The minimum atomic E-state index is -0.0155. The molecule has 2 aromatic rings. The monoisotopic (exact) mass is 314 g/mol. The van der Waals surface area contributed by atoms with Gasteiger partial charge in [-0.3, -0.25) is 9.69 Å². The Labute approximate surface area is 136 Å². The number of amides is 1. The maximum absolute atomic E-state index is 12.3. The molecule has 0 atom stereocenters. The molecule has 23 heavy (non-hydrogen) atoms. The van der Waals surface area contributed by atoms with Gasteiger partial charge in [-0.05, 0) is 31.2 Å². The lowest BCUT2D eigenvalue weighted by molar-refractivity contribution is 0.0589. The summed E-state index contributed by atoms with van der Waals surface area (Å²) in [5.74, 6) is 2.08. The van der Waals surface area contributed by atoms with E-state index in [1.165, 1.54) is 0 Å². The van der Waals surface area contributed by atoms with E-state index < -0.39 is 0 Å². The lowest BCUT2D eigenvalue weighted by Crippen LogP contribution is -2.49. The second-order valence-electron chi connectivity index (χ2n) is 5.71. The molecular formula is C18H22N2O3. The number of aryl methyl sites for hydroxylation is 1. The molecule has 0 aliphatic carbocycles. The molecule has 1 saturated heterocycles. The summed E-state index contributed by atoms with van der Waals surface area (Å²) >= 11 is 0. The van der Waals surface area contributed by atoms with E-state index in [1.54, 1.807) is 6.07 Å². The van der Waals surface area contributed by atoms with Crippen LogP contribution in [0, 0.1) is 6.92 Å². The van der Waals surface area contributed by atoms with Crippen molar-refractivity contribution in [1.82, 2.24) is 9.80 Å². The predicted molar refractivity (Wildman–Crippen MR) is 87.7 cm³/mol. The number of benzene rings is 1. The summed E-state index contributed by atoms with van der Waals surface area (Å²) < 4.78 is 11.1. The highest BCUT2D eigenvalue weighted by Crippen LogP contribution is 2.12. The molecule has 0 bridgehead atoms. The van der Waals surface area contributed by atoms with Gasteiger partial charge in [-0.1, -0.05) is 18.2 Å². The largest absolute Gasteiger partial charge is 0.492 e. The van der Waals surface area contributed by atoms with E-state index in [4.69, 9.17) is 9.15 Å². The molecule has 5 heteroatoms. The number of rotatable bonds is 5. The highest BCUT2D eigenvalue weighted by Gasteiger charge is 2.23. The first-order valence-corrected chi connectivity index (χ1v) is 7.98. The van der Waals surface area contributed by atoms with Gasteiger partial charge in [-0.15, -0.1) is 0 Å². The van der Waals surface area contributed by atoms with E-state index in [0.29, 0.717) is 12.4 Å². The molecular weight excluding hydrogens is 292 g/mol. The first-order chi connectivity index (χ1) is 11.2. The molecule has 1 aliphatic heterocycles. The number of ether oxygens (including phenoxy) is 1. The maximum Gasteiger partial charge on any atom is 0.289 e. The zero-order valence-electron chi connectivity index (χ0n) is 13.4. The van der Waals surface area contributed by atoms with Crippen molar-refractivity contribution in [2.75, 3.05) is 39.3 Å². The summed E-state index contributed by atoms with van der Waals surface area (Å²) in [6, 6.07) is 13.4. The number of carbonyl (C=O) groups excluding carboxylic acids is 1. The van der Waals surface area contributed by atoms with Gasteiger partial charge < -0.3 is 14.1 Å². The Morgan fingerprint density at radius 1 is 1.09 bits per heavy atom. The molecule has 0 spiro atoms. The smallest absolute Gasteiger partial charge is 0.289 e. The van der Waals surface area contributed by atoms with Crippen LogP contribution in [0.1, 0.15) is 16.3 Å². The molecule has 1 aromatic heterocycles. The molecule has 0 unspecified atom stereocenters. The van der Waals surface area contributed by atoms with Crippen LogP contribution in [-0.2, 0) is 0 Å². The normalized spacial score (nSPS) is 15.6. The molecule has 2 heterocycles. The van der Waals surface area contributed by atoms with Crippen LogP contribution in [0.2, 0.25) is 0 Å². The third-order valence-electron chi connectivity index (χ3n) is 4.03. The number of nitrogens with zero attached hydrogens (tertiary/aromatic N) is 2. The number of piperazine rings is 1. The van der Waals surface area contributed by atoms with Crippen LogP contribution in [0.3, 0.4) is 0 Å². The third-order valence-corrected chi connectivity index (χ3v) is 4.03. The standard InChI is InChI=1S/C18H22N2O3/c1-15-7-8-17(23-15)18(21)20-11-9-19(10-12-20)13-14-22-16-5-3-2-4-6-16/h2-8H,9-14H2,1H3. The highest BCUT2D eigenvalue weighted by molar-refractivity contribution is 5.91. The van der Waals surface area contributed by atoms with E-state index in [1.807, 2.05) is 48.2 Å². The zero-order chi connectivity index (χ0) is 16.1. The molecule has 0 saturated carbocycles. The van der Waals surface area contributed by atoms with Crippen LogP contribution in [0.15, 0.2) is 46.9 Å². The summed E-state index contributed by atoms with van der Waals surface area (Å²) in [6.07, 6.45) is 0. The van der Waals surface area contributed by atoms with Gasteiger partial charge in [0.05, 0.1) is 0 Å². The van der Waals surface area contributed by atoms with Crippen molar-refractivity contribution in [3.05, 3.63) is 54.0 Å². The minimum absolute atomic E-state index is 0.0155. The number of furan rings is 1. The molecule has 1 aromatic carbocycles. The predicted octanol–water partition coefficient (Wildman–Crippen LogP) is 2.42. The van der Waals surface area contributed by atoms with E-state index in [2.05, 4.69) is 4.90 Å². The molecule has 0 N–H and O–H groups in total. The Morgan fingerprint density at radius 3 is 2.48 bits per heavy atom. The van der Waals surface area contributed by atoms with Crippen LogP contribution in [0.5, 0.6) is 5.75 Å². The van der Waals surface area contributed by atoms with Crippen LogP contribution in [0.4, 0.5) is 0 Å². The van der Waals surface area contributed by atoms with Crippen LogP contribution < -0.4 is 4.74 Å². The number of carbonyl (C=O) groups is 1. The Morgan fingerprint density at radius 2 is 1.83 bits per heavy atom. The lowest BCUT2D eigenvalue weighted by Gasteiger charge is -2.34. The summed E-state index contributed by atoms with van der Waals surface area (Å²) in [5.41, 5.74) is 0. The molecule has 5 nitrogen and oxygen atoms in total. The molecule has 0 radical (unpaired) electrons. The number of hydrogen-bond acceptors (Lipinski definition) is 4. The van der Waals surface area contributed by atoms with Gasteiger partial charge in [-0.25, -0.2) is 0 Å². The first-order valence-electron chi connectivity index (χ1n) is 7.98. The summed E-state index contributed by atoms with van der Waals surface area (Å²) in [6.45, 7) is 6.56. The summed E-state index contributed by atoms with van der Waals surface area (Å²) in [7, 11) is 0. The van der Waals surface area contributed by atoms with Crippen LogP contribution >= 0.6 is 0 Å². The SMILES string of the molecule is Cc1ccc(C(=O)N2CCN(CCOc3ccccc3)CC2)o1. The zero-order valence-corrected chi connectivity index (χ0v) is 13.4. The van der Waals surface area contributed by atoms with E-state index in [9.17, 15) is 4.79 Å². The van der Waals surface area contributed by atoms with Gasteiger partial charge in [0, 0.05) is 32.7 Å². The maximum atomic E-state index is 12.3. The average molecular weight is 314 g/mol. The highest BCUT2D eigenvalue weighted by atomic mass is 16.5. The van der Waals surface area contributed by atoms with E-state index in [-0.39, 0.29) is 5.91 Å². The molecule has 1 fully saturated rings. The second-order valence-corrected chi connectivity index (χ2v) is 5.71.